The van der Waals surface area contributed by atoms with Crippen molar-refractivity contribution < 1.29 is 9.53 Å². The molecule has 162 valence electrons. The van der Waals surface area contributed by atoms with Gasteiger partial charge in [0.2, 0.25) is 5.91 Å². The Balaban J connectivity index is 1.21. The Labute approximate surface area is 195 Å². The van der Waals surface area contributed by atoms with Gasteiger partial charge in [0.05, 0.1) is 23.1 Å². The molecule has 1 aromatic heterocycles. The van der Waals surface area contributed by atoms with E-state index in [0.29, 0.717) is 5.13 Å². The first kappa shape index (κ1) is 22.0. The summed E-state index contributed by atoms with van der Waals surface area (Å²) in [4.78, 5) is 21.5. The Morgan fingerprint density at radius 2 is 1.97 bits per heavy atom. The van der Waals surface area contributed by atoms with Crippen molar-refractivity contribution >= 4 is 60.9 Å². The van der Waals surface area contributed by atoms with Crippen molar-refractivity contribution in [3.8, 4) is 5.75 Å². The van der Waals surface area contributed by atoms with Crippen LogP contribution in [0.25, 0.3) is 10.2 Å². The monoisotopic (exact) mass is 472 g/mol. The molecule has 0 radical (unpaired) electrons. The smallest absolute Gasteiger partial charge is 0.236 e. The molecule has 0 unspecified atom stereocenters. The molecule has 1 aliphatic heterocycles. The Morgan fingerprint density at radius 3 is 2.71 bits per heavy atom. The molecule has 2 heterocycles. The maximum absolute atomic E-state index is 12.4. The van der Waals surface area contributed by atoms with Crippen LogP contribution in [0, 0.1) is 0 Å². The van der Waals surface area contributed by atoms with Crippen LogP contribution in [0.3, 0.4) is 0 Å². The summed E-state index contributed by atoms with van der Waals surface area (Å²) in [6.45, 7) is 4.68. The minimum absolute atomic E-state index is 0.0962. The van der Waals surface area contributed by atoms with E-state index in [4.69, 9.17) is 17.0 Å². The summed E-state index contributed by atoms with van der Waals surface area (Å²) in [5.41, 5.74) is 2.18. The summed E-state index contributed by atoms with van der Waals surface area (Å²) in [5.74, 6) is 0.961. The van der Waals surface area contributed by atoms with Crippen molar-refractivity contribution in [2.75, 3.05) is 44.4 Å². The van der Waals surface area contributed by atoms with Crippen LogP contribution in [0.4, 0.5) is 5.13 Å². The number of anilines is 1. The molecule has 0 spiro atoms. The predicted octanol–water partition coefficient (Wildman–Crippen LogP) is 4.08. The van der Waals surface area contributed by atoms with E-state index in [0.717, 1.165) is 53.0 Å². The number of piperazine rings is 1. The van der Waals surface area contributed by atoms with E-state index in [1.54, 1.807) is 7.11 Å². The van der Waals surface area contributed by atoms with Crippen molar-refractivity contribution in [1.29, 1.82) is 0 Å². The maximum Gasteiger partial charge on any atom is 0.236 e. The number of hydrogen-bond donors (Lipinski definition) is 1. The molecule has 31 heavy (non-hydrogen) atoms. The fourth-order valence-electron chi connectivity index (χ4n) is 3.39. The molecule has 2 aromatic carbocycles. The number of methoxy groups -OCH3 is 1. The number of amides is 1. The molecule has 0 aliphatic carbocycles. The third kappa shape index (κ3) is 5.94. The molecule has 1 fully saturated rings. The number of rotatable bonds is 6. The van der Waals surface area contributed by atoms with E-state index in [-0.39, 0.29) is 11.7 Å². The number of carbonyl (C=O) groups excluding carboxylic acids is 1. The van der Waals surface area contributed by atoms with Gasteiger partial charge in [0.1, 0.15) is 10.1 Å². The lowest BCUT2D eigenvalue weighted by molar-refractivity contribution is -0.113. The molecule has 4 rings (SSSR count). The number of hydrogen-bond acceptors (Lipinski definition) is 7. The third-order valence-electron chi connectivity index (χ3n) is 5.05. The standard InChI is InChI=1S/C22H24N4O2S3/c1-28-17-7-8-18-19(13-17)31-21(23-18)24-20(27)15-30-22(29)26-11-9-25(10-12-26)14-16-5-3-2-4-6-16/h2-8,13H,9-12,14-15H2,1H3,(H,23,24,27). The number of aromatic nitrogens is 1. The van der Waals surface area contributed by atoms with E-state index in [1.807, 2.05) is 24.3 Å². The molecule has 6 nitrogen and oxygen atoms in total. The van der Waals surface area contributed by atoms with Crippen LogP contribution in [-0.2, 0) is 11.3 Å². The van der Waals surface area contributed by atoms with Crippen LogP contribution in [0.15, 0.2) is 48.5 Å². The van der Waals surface area contributed by atoms with Crippen LogP contribution < -0.4 is 10.1 Å². The predicted molar refractivity (Wildman–Crippen MR) is 133 cm³/mol. The number of thiocarbonyl (C=S) groups is 1. The Morgan fingerprint density at radius 1 is 1.19 bits per heavy atom. The highest BCUT2D eigenvalue weighted by Gasteiger charge is 2.20. The summed E-state index contributed by atoms with van der Waals surface area (Å²) in [7, 11) is 1.63. The van der Waals surface area contributed by atoms with Gasteiger partial charge in [-0.05, 0) is 23.8 Å². The fourth-order valence-corrected chi connectivity index (χ4v) is 5.35. The lowest BCUT2D eigenvalue weighted by Crippen LogP contribution is -2.47. The van der Waals surface area contributed by atoms with Gasteiger partial charge in [0.25, 0.3) is 0 Å². The molecule has 9 heteroatoms. The van der Waals surface area contributed by atoms with Gasteiger partial charge >= 0.3 is 0 Å². The molecule has 1 N–H and O–H groups in total. The lowest BCUT2D eigenvalue weighted by atomic mass is 10.2. The second kappa shape index (κ2) is 10.4. The Kier molecular flexibility index (Phi) is 7.39. The average Bonchev–Trinajstić information content (AvgIpc) is 3.20. The van der Waals surface area contributed by atoms with Gasteiger partial charge in [0.15, 0.2) is 5.13 Å². The highest BCUT2D eigenvalue weighted by molar-refractivity contribution is 8.23. The zero-order chi connectivity index (χ0) is 21.6. The summed E-state index contributed by atoms with van der Waals surface area (Å²) in [5, 5.41) is 3.47. The number of nitrogens with zero attached hydrogens (tertiary/aromatic N) is 3. The minimum Gasteiger partial charge on any atom is -0.497 e. The molecule has 1 amide bonds. The maximum atomic E-state index is 12.4. The number of ether oxygens (including phenoxy) is 1. The zero-order valence-electron chi connectivity index (χ0n) is 17.2. The molecule has 0 bridgehead atoms. The molecular formula is C22H24N4O2S3. The van der Waals surface area contributed by atoms with Crippen molar-refractivity contribution in [3.63, 3.8) is 0 Å². The molecule has 1 saturated heterocycles. The minimum atomic E-state index is -0.0962. The fraction of sp³-hybridized carbons (Fsp3) is 0.318. The second-order valence-electron chi connectivity index (χ2n) is 7.20. The van der Waals surface area contributed by atoms with Gasteiger partial charge < -0.3 is 15.0 Å². The Bertz CT molecular complexity index is 1050. The van der Waals surface area contributed by atoms with Gasteiger partial charge in [0, 0.05) is 32.7 Å². The van der Waals surface area contributed by atoms with Gasteiger partial charge in [-0.15, -0.1) is 0 Å². The molecular weight excluding hydrogens is 448 g/mol. The summed E-state index contributed by atoms with van der Waals surface area (Å²) in [6.07, 6.45) is 0. The number of fused-ring (bicyclic) bond motifs is 1. The number of benzene rings is 2. The van der Waals surface area contributed by atoms with Gasteiger partial charge in [-0.1, -0.05) is 65.6 Å². The van der Waals surface area contributed by atoms with Crippen LogP contribution in [0.5, 0.6) is 5.75 Å². The van der Waals surface area contributed by atoms with Crippen LogP contribution in [0.1, 0.15) is 5.56 Å². The molecule has 0 atom stereocenters. The first-order valence-electron chi connectivity index (χ1n) is 10.0. The highest BCUT2D eigenvalue weighted by atomic mass is 32.2. The van der Waals surface area contributed by atoms with Gasteiger partial charge in [-0.2, -0.15) is 0 Å². The lowest BCUT2D eigenvalue weighted by Gasteiger charge is -2.35. The third-order valence-corrected chi connectivity index (χ3v) is 7.51. The molecule has 3 aromatic rings. The summed E-state index contributed by atoms with van der Waals surface area (Å²) < 4.78 is 7.00. The van der Waals surface area contributed by atoms with Gasteiger partial charge in [-0.3, -0.25) is 9.69 Å². The highest BCUT2D eigenvalue weighted by Crippen LogP contribution is 2.29. The number of thiazole rings is 1. The topological polar surface area (TPSA) is 57.7 Å². The van der Waals surface area contributed by atoms with E-state index < -0.39 is 0 Å². The molecule has 1 aliphatic rings. The average molecular weight is 473 g/mol. The van der Waals surface area contributed by atoms with Crippen LogP contribution in [0.2, 0.25) is 0 Å². The number of nitrogens with one attached hydrogen (secondary N) is 1. The van der Waals surface area contributed by atoms with Crippen molar-refractivity contribution in [1.82, 2.24) is 14.8 Å². The van der Waals surface area contributed by atoms with E-state index >= 15 is 0 Å². The summed E-state index contributed by atoms with van der Waals surface area (Å²) >= 11 is 8.42. The second-order valence-corrected chi connectivity index (χ2v) is 9.84. The van der Waals surface area contributed by atoms with Crippen molar-refractivity contribution in [2.24, 2.45) is 0 Å². The quantitative estimate of drug-likeness (QED) is 0.543. The van der Waals surface area contributed by atoms with Crippen LogP contribution in [-0.4, -0.2) is 64.1 Å². The van der Waals surface area contributed by atoms with E-state index in [9.17, 15) is 4.79 Å². The van der Waals surface area contributed by atoms with Gasteiger partial charge in [-0.25, -0.2) is 4.98 Å². The first-order chi connectivity index (χ1) is 15.1. The number of carbonyl (C=O) groups is 1. The molecule has 0 saturated carbocycles. The largest absolute Gasteiger partial charge is 0.497 e. The SMILES string of the molecule is COc1ccc2nc(NC(=O)CSC(=S)N3CCN(Cc4ccccc4)CC3)sc2c1. The zero-order valence-corrected chi connectivity index (χ0v) is 19.7. The van der Waals surface area contributed by atoms with Crippen LogP contribution >= 0.6 is 35.3 Å². The number of thioether (sulfide) groups is 1. The van der Waals surface area contributed by atoms with Crippen molar-refractivity contribution in [3.05, 3.63) is 54.1 Å². The Hall–Kier alpha value is -2.20. The normalized spacial score (nSPS) is 14.5. The van der Waals surface area contributed by atoms with Crippen molar-refractivity contribution in [2.45, 2.75) is 6.54 Å². The summed E-state index contributed by atoms with van der Waals surface area (Å²) in [6, 6.07) is 16.2. The first-order valence-corrected chi connectivity index (χ1v) is 12.2. The van der Waals surface area contributed by atoms with E-state index in [1.165, 1.54) is 28.7 Å². The van der Waals surface area contributed by atoms with E-state index in [2.05, 4.69) is 44.4 Å².